The van der Waals surface area contributed by atoms with E-state index in [0.717, 1.165) is 48.7 Å². The summed E-state index contributed by atoms with van der Waals surface area (Å²) in [6.07, 6.45) is 3.51. The highest BCUT2D eigenvalue weighted by molar-refractivity contribution is 5.95. The highest BCUT2D eigenvalue weighted by Crippen LogP contribution is 2.23. The maximum atomic E-state index is 12.9. The summed E-state index contributed by atoms with van der Waals surface area (Å²) in [6, 6.07) is 6.53. The van der Waals surface area contributed by atoms with Gasteiger partial charge in [0.25, 0.3) is 5.91 Å². The van der Waals surface area contributed by atoms with Crippen molar-refractivity contribution < 1.29 is 4.79 Å². The molecule has 1 fully saturated rings. The minimum absolute atomic E-state index is 0.151. The summed E-state index contributed by atoms with van der Waals surface area (Å²) < 4.78 is 2.23. The fourth-order valence-electron chi connectivity index (χ4n) is 3.77. The van der Waals surface area contributed by atoms with Crippen molar-refractivity contribution in [3.8, 4) is 0 Å². The van der Waals surface area contributed by atoms with Crippen LogP contribution in [0.1, 0.15) is 54.5 Å². The molecule has 134 valence electrons. The van der Waals surface area contributed by atoms with Crippen LogP contribution in [0.5, 0.6) is 0 Å². The lowest BCUT2D eigenvalue weighted by Crippen LogP contribution is -2.42. The van der Waals surface area contributed by atoms with Crippen molar-refractivity contribution in [3.63, 3.8) is 0 Å². The highest BCUT2D eigenvalue weighted by Gasteiger charge is 2.26. The summed E-state index contributed by atoms with van der Waals surface area (Å²) in [5, 5.41) is 11.4. The number of hydrogen-bond acceptors (Lipinski definition) is 4. The standard InChI is InChI=1S/C19H27N5O/c1-13(2)24-14(3)12-17(15(24)4)19(25)23-10-7-16(8-11-23)21-18-6-5-9-20-22-18/h5-6,9,12-13,16H,7-8,10-11H2,1-4H3,(H,21,22). The molecule has 1 aliphatic heterocycles. The van der Waals surface area contributed by atoms with E-state index in [2.05, 4.69) is 40.9 Å². The molecule has 6 heteroatoms. The van der Waals surface area contributed by atoms with E-state index in [9.17, 15) is 4.79 Å². The van der Waals surface area contributed by atoms with Crippen molar-refractivity contribution >= 4 is 11.7 Å². The Kier molecular flexibility index (Phi) is 5.06. The van der Waals surface area contributed by atoms with Gasteiger partial charge in [-0.15, -0.1) is 5.10 Å². The van der Waals surface area contributed by atoms with Gasteiger partial charge in [-0.1, -0.05) is 0 Å². The number of aryl methyl sites for hydroxylation is 1. The van der Waals surface area contributed by atoms with Crippen molar-refractivity contribution in [3.05, 3.63) is 41.3 Å². The molecule has 6 nitrogen and oxygen atoms in total. The lowest BCUT2D eigenvalue weighted by molar-refractivity contribution is 0.0717. The maximum absolute atomic E-state index is 12.9. The van der Waals surface area contributed by atoms with E-state index >= 15 is 0 Å². The second-order valence-electron chi connectivity index (χ2n) is 7.07. The minimum Gasteiger partial charge on any atom is -0.366 e. The molecule has 0 radical (unpaired) electrons. The predicted octanol–water partition coefficient (Wildman–Crippen LogP) is 3.19. The quantitative estimate of drug-likeness (QED) is 0.928. The molecule has 1 aliphatic rings. The monoisotopic (exact) mass is 341 g/mol. The SMILES string of the molecule is Cc1cc(C(=O)N2CCC(Nc3cccnn3)CC2)c(C)n1C(C)C. The van der Waals surface area contributed by atoms with E-state index < -0.39 is 0 Å². The van der Waals surface area contributed by atoms with Gasteiger partial charge in [-0.25, -0.2) is 0 Å². The number of anilines is 1. The van der Waals surface area contributed by atoms with Gasteiger partial charge in [-0.3, -0.25) is 4.79 Å². The van der Waals surface area contributed by atoms with Crippen molar-refractivity contribution in [1.82, 2.24) is 19.7 Å². The number of likely N-dealkylation sites (tertiary alicyclic amines) is 1. The Hall–Kier alpha value is -2.37. The molecule has 0 atom stereocenters. The summed E-state index contributed by atoms with van der Waals surface area (Å²) in [6.45, 7) is 9.95. The molecule has 0 saturated carbocycles. The van der Waals surface area contributed by atoms with Crippen LogP contribution < -0.4 is 5.32 Å². The van der Waals surface area contributed by atoms with Crippen molar-refractivity contribution in [2.45, 2.75) is 52.6 Å². The molecular formula is C19H27N5O. The Balaban J connectivity index is 1.63. The van der Waals surface area contributed by atoms with Crippen molar-refractivity contribution in [2.24, 2.45) is 0 Å². The average molecular weight is 341 g/mol. The number of amides is 1. The summed E-state index contributed by atoms with van der Waals surface area (Å²) in [7, 11) is 0. The molecule has 0 aliphatic carbocycles. The molecular weight excluding hydrogens is 314 g/mol. The van der Waals surface area contributed by atoms with Crippen LogP contribution in [-0.4, -0.2) is 44.7 Å². The van der Waals surface area contributed by atoms with Gasteiger partial charge in [-0.2, -0.15) is 5.10 Å². The van der Waals surface area contributed by atoms with Gasteiger partial charge in [0.15, 0.2) is 0 Å². The first-order valence-electron chi connectivity index (χ1n) is 8.99. The largest absolute Gasteiger partial charge is 0.366 e. The Morgan fingerprint density at radius 3 is 2.56 bits per heavy atom. The Bertz CT molecular complexity index is 730. The molecule has 1 N–H and O–H groups in total. The van der Waals surface area contributed by atoms with E-state index in [0.29, 0.717) is 12.1 Å². The number of rotatable bonds is 4. The van der Waals surface area contributed by atoms with Gasteiger partial charge in [0.1, 0.15) is 5.82 Å². The molecule has 0 bridgehead atoms. The van der Waals surface area contributed by atoms with E-state index in [-0.39, 0.29) is 5.91 Å². The zero-order valence-corrected chi connectivity index (χ0v) is 15.5. The molecule has 3 rings (SSSR count). The van der Waals surface area contributed by atoms with Crippen LogP contribution in [0.15, 0.2) is 24.4 Å². The summed E-state index contributed by atoms with van der Waals surface area (Å²) in [5.41, 5.74) is 3.05. The number of nitrogens with zero attached hydrogens (tertiary/aromatic N) is 4. The van der Waals surface area contributed by atoms with Gasteiger partial charge in [0, 0.05) is 42.8 Å². The van der Waals surface area contributed by atoms with Gasteiger partial charge in [0.2, 0.25) is 0 Å². The molecule has 2 aromatic heterocycles. The van der Waals surface area contributed by atoms with Gasteiger partial charge < -0.3 is 14.8 Å². The molecule has 1 amide bonds. The predicted molar refractivity (Wildman–Crippen MR) is 98.9 cm³/mol. The van der Waals surface area contributed by atoms with Gasteiger partial charge in [0.05, 0.1) is 5.56 Å². The minimum atomic E-state index is 0.151. The van der Waals surface area contributed by atoms with E-state index in [1.54, 1.807) is 6.20 Å². The number of nitrogens with one attached hydrogen (secondary N) is 1. The van der Waals surface area contributed by atoms with Crippen LogP contribution in [-0.2, 0) is 0 Å². The van der Waals surface area contributed by atoms with Crippen LogP contribution in [0.2, 0.25) is 0 Å². The lowest BCUT2D eigenvalue weighted by Gasteiger charge is -2.32. The number of aromatic nitrogens is 3. The molecule has 1 saturated heterocycles. The fourth-order valence-corrected chi connectivity index (χ4v) is 3.77. The Labute approximate surface area is 149 Å². The van der Waals surface area contributed by atoms with Gasteiger partial charge >= 0.3 is 0 Å². The summed E-state index contributed by atoms with van der Waals surface area (Å²) in [5.74, 6) is 0.950. The Morgan fingerprint density at radius 2 is 2.00 bits per heavy atom. The van der Waals surface area contributed by atoms with Crippen molar-refractivity contribution in [1.29, 1.82) is 0 Å². The van der Waals surface area contributed by atoms with Crippen molar-refractivity contribution in [2.75, 3.05) is 18.4 Å². The van der Waals surface area contributed by atoms with E-state index in [1.165, 1.54) is 0 Å². The zero-order valence-electron chi connectivity index (χ0n) is 15.5. The van der Waals surface area contributed by atoms with Crippen LogP contribution in [0.4, 0.5) is 5.82 Å². The summed E-state index contributed by atoms with van der Waals surface area (Å²) >= 11 is 0. The van der Waals surface area contributed by atoms with Gasteiger partial charge in [-0.05, 0) is 58.7 Å². The molecule has 0 unspecified atom stereocenters. The van der Waals surface area contributed by atoms with Crippen LogP contribution in [0.25, 0.3) is 0 Å². The number of carbonyl (C=O) groups excluding carboxylic acids is 1. The van der Waals surface area contributed by atoms with Crippen LogP contribution >= 0.6 is 0 Å². The normalized spacial score (nSPS) is 15.6. The molecule has 3 heterocycles. The smallest absolute Gasteiger partial charge is 0.255 e. The van der Waals surface area contributed by atoms with E-state index in [1.807, 2.05) is 30.0 Å². The first-order valence-corrected chi connectivity index (χ1v) is 8.99. The molecule has 0 spiro atoms. The fraction of sp³-hybridized carbons (Fsp3) is 0.526. The third-order valence-corrected chi connectivity index (χ3v) is 4.94. The third kappa shape index (κ3) is 3.67. The first-order chi connectivity index (χ1) is 12.0. The lowest BCUT2D eigenvalue weighted by atomic mass is 10.0. The topological polar surface area (TPSA) is 63.1 Å². The second kappa shape index (κ2) is 7.25. The average Bonchev–Trinajstić information content (AvgIpc) is 2.90. The number of piperidine rings is 1. The van der Waals surface area contributed by atoms with Crippen LogP contribution in [0.3, 0.4) is 0 Å². The number of hydrogen-bond donors (Lipinski definition) is 1. The summed E-state index contributed by atoms with van der Waals surface area (Å²) in [4.78, 5) is 14.9. The first kappa shape index (κ1) is 17.5. The van der Waals surface area contributed by atoms with E-state index in [4.69, 9.17) is 0 Å². The van der Waals surface area contributed by atoms with Crippen LogP contribution in [0, 0.1) is 13.8 Å². The highest BCUT2D eigenvalue weighted by atomic mass is 16.2. The Morgan fingerprint density at radius 1 is 1.28 bits per heavy atom. The number of carbonyl (C=O) groups is 1. The zero-order chi connectivity index (χ0) is 18.0. The molecule has 25 heavy (non-hydrogen) atoms. The maximum Gasteiger partial charge on any atom is 0.255 e. The second-order valence-corrected chi connectivity index (χ2v) is 7.07. The molecule has 2 aromatic rings. The third-order valence-electron chi connectivity index (χ3n) is 4.94. The molecule has 0 aromatic carbocycles.